The van der Waals surface area contributed by atoms with E-state index in [0.29, 0.717) is 44.8 Å². The Bertz CT molecular complexity index is 4150. The molecule has 2 aromatic heterocycles. The summed E-state index contributed by atoms with van der Waals surface area (Å²) in [5, 5.41) is 67.0. The molecular formula is C66H34N8. The Labute approximate surface area is 425 Å². The first-order valence-corrected chi connectivity index (χ1v) is 23.7. The van der Waals surface area contributed by atoms with E-state index in [4.69, 9.17) is 0 Å². The molecule has 0 aliphatic heterocycles. The number of rotatable bonds is 7. The quantitative estimate of drug-likeness (QED) is 0.155. The van der Waals surface area contributed by atoms with Gasteiger partial charge in [0.1, 0.15) is 11.6 Å². The molecule has 2 heterocycles. The molecule has 0 atom stereocenters. The summed E-state index contributed by atoms with van der Waals surface area (Å²) in [4.78, 5) is 0. The topological polar surface area (TPSA) is 153 Å². The first-order chi connectivity index (χ1) is 36.4. The third kappa shape index (κ3) is 7.10. The summed E-state index contributed by atoms with van der Waals surface area (Å²) in [5.41, 5.74) is 14.8. The fourth-order valence-electron chi connectivity index (χ4n) is 10.6. The smallest absolute Gasteiger partial charge is 0.104 e. The average Bonchev–Trinajstić information content (AvgIpc) is 3.97. The summed E-state index contributed by atoms with van der Waals surface area (Å²) in [6.45, 7) is 0. The van der Waals surface area contributed by atoms with Crippen molar-refractivity contribution in [3.05, 3.63) is 240 Å². The molecule has 0 saturated carbocycles. The van der Waals surface area contributed by atoms with E-state index < -0.39 is 0 Å². The van der Waals surface area contributed by atoms with Crippen LogP contribution in [-0.2, 0) is 0 Å². The molecule has 0 unspecified atom stereocenters. The number of nitrogens with zero attached hydrogens (tertiary/aromatic N) is 8. The fourth-order valence-corrected chi connectivity index (χ4v) is 10.6. The third-order valence-electron chi connectivity index (χ3n) is 14.0. The number of benzene rings is 10. The van der Waals surface area contributed by atoms with Gasteiger partial charge in [-0.3, -0.25) is 0 Å². The van der Waals surface area contributed by atoms with Crippen LogP contribution in [-0.4, -0.2) is 9.13 Å². The van der Waals surface area contributed by atoms with E-state index in [9.17, 15) is 31.6 Å². The van der Waals surface area contributed by atoms with Crippen molar-refractivity contribution in [1.29, 1.82) is 31.6 Å². The molecule has 74 heavy (non-hydrogen) atoms. The van der Waals surface area contributed by atoms with Crippen molar-refractivity contribution in [1.82, 2.24) is 9.13 Å². The zero-order chi connectivity index (χ0) is 50.5. The van der Waals surface area contributed by atoms with E-state index in [1.807, 2.05) is 127 Å². The maximum absolute atomic E-state index is 12.0. The Morgan fingerprint density at radius 3 is 0.905 bits per heavy atom. The normalized spacial score (nSPS) is 10.9. The van der Waals surface area contributed by atoms with Crippen LogP contribution in [0.25, 0.3) is 111 Å². The van der Waals surface area contributed by atoms with Crippen LogP contribution in [0, 0.1) is 68.0 Å². The zero-order valence-electron chi connectivity index (χ0n) is 39.2. The second-order valence-electron chi connectivity index (χ2n) is 17.9. The van der Waals surface area contributed by atoms with Crippen molar-refractivity contribution in [2.75, 3.05) is 0 Å². The molecule has 8 nitrogen and oxygen atoms in total. The van der Waals surface area contributed by atoms with Crippen LogP contribution in [0.5, 0.6) is 0 Å². The van der Waals surface area contributed by atoms with E-state index in [2.05, 4.69) is 94.1 Å². The van der Waals surface area contributed by atoms with Crippen LogP contribution in [0.3, 0.4) is 0 Å². The highest BCUT2D eigenvalue weighted by molar-refractivity contribution is 6.13. The fraction of sp³-hybridized carbons (Fsp3) is 0. The molecule has 0 spiro atoms. The van der Waals surface area contributed by atoms with E-state index in [-0.39, 0.29) is 0 Å². The van der Waals surface area contributed by atoms with Gasteiger partial charge in [0.05, 0.1) is 91.6 Å². The molecule has 12 rings (SSSR count). The second-order valence-corrected chi connectivity index (χ2v) is 17.9. The van der Waals surface area contributed by atoms with Gasteiger partial charge in [0.15, 0.2) is 0 Å². The molecule has 12 aromatic rings. The maximum atomic E-state index is 12.0. The monoisotopic (exact) mass is 938 g/mol. The van der Waals surface area contributed by atoms with E-state index in [1.54, 1.807) is 30.3 Å². The van der Waals surface area contributed by atoms with Crippen molar-refractivity contribution in [2.45, 2.75) is 0 Å². The Balaban J connectivity index is 1.26. The molecule has 0 radical (unpaired) electrons. The molecule has 0 N–H and O–H groups in total. The van der Waals surface area contributed by atoms with Crippen molar-refractivity contribution >= 4 is 43.6 Å². The predicted octanol–water partition coefficient (Wildman–Crippen LogP) is 15.4. The predicted molar refractivity (Wildman–Crippen MR) is 291 cm³/mol. The van der Waals surface area contributed by atoms with Gasteiger partial charge in [0.25, 0.3) is 0 Å². The van der Waals surface area contributed by atoms with Crippen LogP contribution < -0.4 is 0 Å². The molecule has 0 fully saturated rings. The molecule has 0 saturated heterocycles. The second kappa shape index (κ2) is 17.9. The standard InChI is InChI=1S/C66H34N8/c67-35-41-10-9-15-42(28-41)51-33-65(73-61-29-43(52-16-5-1-11-47(52)36-68)20-24-56(61)57-25-21-44(30-62(57)73)53-17-6-2-12-48(53)37-69)60(40-72)66(34-51)74-63-31-45(54-18-7-3-13-49(54)38-70)22-26-58(63)59-27-23-46(32-64(59)74)55-19-8-4-14-50(55)39-71/h1-34H. The first kappa shape index (κ1) is 44.0. The SMILES string of the molecule is N#Cc1cccc(-c2cc(-n3c4cc(-c5ccccc5C#N)ccc4c4ccc(-c5ccccc5C#N)cc43)c(C#N)c(-n3c4cc(-c5ccccc5C#N)ccc4c4ccc(-c5ccccc5C#N)cc43)c2)c1. The molecule has 338 valence electrons. The van der Waals surface area contributed by atoms with Crippen molar-refractivity contribution in [3.63, 3.8) is 0 Å². The highest BCUT2D eigenvalue weighted by atomic mass is 15.0. The molecule has 10 aromatic carbocycles. The Morgan fingerprint density at radius 1 is 0.257 bits per heavy atom. The summed E-state index contributed by atoms with van der Waals surface area (Å²) in [7, 11) is 0. The Kier molecular flexibility index (Phi) is 10.7. The van der Waals surface area contributed by atoms with Crippen molar-refractivity contribution < 1.29 is 0 Å². The van der Waals surface area contributed by atoms with Crippen LogP contribution in [0.4, 0.5) is 0 Å². The molecular weight excluding hydrogens is 905 g/mol. The van der Waals surface area contributed by atoms with Gasteiger partial charge in [-0.1, -0.05) is 133 Å². The largest absolute Gasteiger partial charge is 0.308 e. The van der Waals surface area contributed by atoms with Gasteiger partial charge in [-0.2, -0.15) is 31.6 Å². The minimum atomic E-state index is 0.333. The van der Waals surface area contributed by atoms with Crippen LogP contribution in [0.1, 0.15) is 33.4 Å². The van der Waals surface area contributed by atoms with Gasteiger partial charge in [0.2, 0.25) is 0 Å². The van der Waals surface area contributed by atoms with E-state index in [1.165, 1.54) is 0 Å². The molecule has 0 bridgehead atoms. The lowest BCUT2D eigenvalue weighted by molar-refractivity contribution is 1.12. The van der Waals surface area contributed by atoms with Crippen LogP contribution in [0.15, 0.2) is 206 Å². The number of aromatic nitrogens is 2. The van der Waals surface area contributed by atoms with Crippen LogP contribution >= 0.6 is 0 Å². The highest BCUT2D eigenvalue weighted by Crippen LogP contribution is 2.44. The van der Waals surface area contributed by atoms with Crippen LogP contribution in [0.2, 0.25) is 0 Å². The number of hydrogen-bond donors (Lipinski definition) is 0. The molecule has 0 amide bonds. The van der Waals surface area contributed by atoms with E-state index in [0.717, 1.165) is 99.2 Å². The maximum Gasteiger partial charge on any atom is 0.104 e. The van der Waals surface area contributed by atoms with Gasteiger partial charge < -0.3 is 9.13 Å². The minimum absolute atomic E-state index is 0.333. The van der Waals surface area contributed by atoms with Gasteiger partial charge >= 0.3 is 0 Å². The highest BCUT2D eigenvalue weighted by Gasteiger charge is 2.25. The first-order valence-electron chi connectivity index (χ1n) is 23.7. The van der Waals surface area contributed by atoms with Gasteiger partial charge in [-0.25, -0.2) is 0 Å². The molecule has 0 aliphatic rings. The Morgan fingerprint density at radius 2 is 0.595 bits per heavy atom. The lowest BCUT2D eigenvalue weighted by Gasteiger charge is -2.19. The zero-order valence-corrected chi connectivity index (χ0v) is 39.2. The summed E-state index contributed by atoms with van der Waals surface area (Å²) in [6, 6.07) is 80.4. The van der Waals surface area contributed by atoms with Crippen molar-refractivity contribution in [2.24, 2.45) is 0 Å². The minimum Gasteiger partial charge on any atom is -0.308 e. The summed E-state index contributed by atoms with van der Waals surface area (Å²) >= 11 is 0. The lowest BCUT2D eigenvalue weighted by Crippen LogP contribution is -2.05. The number of nitriles is 6. The lowest BCUT2D eigenvalue weighted by atomic mass is 9.98. The Hall–Kier alpha value is -11.3. The van der Waals surface area contributed by atoms with Gasteiger partial charge in [-0.05, 0) is 128 Å². The molecule has 8 heteroatoms. The van der Waals surface area contributed by atoms with E-state index >= 15 is 0 Å². The summed E-state index contributed by atoms with van der Waals surface area (Å²) in [5.74, 6) is 0. The average molecular weight is 939 g/mol. The molecule has 0 aliphatic carbocycles. The van der Waals surface area contributed by atoms with Gasteiger partial charge in [0, 0.05) is 21.5 Å². The number of fused-ring (bicyclic) bond motifs is 6. The van der Waals surface area contributed by atoms with Crippen molar-refractivity contribution in [3.8, 4) is 103 Å². The van der Waals surface area contributed by atoms with Gasteiger partial charge in [-0.15, -0.1) is 0 Å². The summed E-state index contributed by atoms with van der Waals surface area (Å²) < 4.78 is 4.22. The summed E-state index contributed by atoms with van der Waals surface area (Å²) in [6.07, 6.45) is 0. The third-order valence-corrected chi connectivity index (χ3v) is 14.0. The number of hydrogen-bond acceptors (Lipinski definition) is 6.